The molecule has 2 N–H and O–H groups in total. The average molecular weight is 216 g/mol. The molecule has 1 saturated heterocycles. The van der Waals surface area contributed by atoms with E-state index >= 15 is 0 Å². The van der Waals surface area contributed by atoms with E-state index in [-0.39, 0.29) is 0 Å². The molecule has 15 heavy (non-hydrogen) atoms. The lowest BCUT2D eigenvalue weighted by Gasteiger charge is -2.29. The van der Waals surface area contributed by atoms with Crippen molar-refractivity contribution in [3.05, 3.63) is 0 Å². The fourth-order valence-corrected chi connectivity index (χ4v) is 1.64. The van der Waals surface area contributed by atoms with Crippen molar-refractivity contribution < 1.29 is 9.84 Å². The van der Waals surface area contributed by atoms with Crippen LogP contribution in [0.1, 0.15) is 20.3 Å². The number of aliphatic hydroxyl groups is 1. The van der Waals surface area contributed by atoms with Crippen LogP contribution in [-0.2, 0) is 4.74 Å². The lowest BCUT2D eigenvalue weighted by atomic mass is 10.1. The van der Waals surface area contributed by atoms with Crippen molar-refractivity contribution in [3.8, 4) is 0 Å². The molecule has 0 saturated carbocycles. The predicted octanol–water partition coefficient (Wildman–Crippen LogP) is 0.0676. The summed E-state index contributed by atoms with van der Waals surface area (Å²) in [6.07, 6.45) is 1.09. The fourth-order valence-electron chi connectivity index (χ4n) is 1.64. The molecule has 90 valence electrons. The van der Waals surface area contributed by atoms with Crippen LogP contribution in [0, 0.1) is 0 Å². The first-order valence-electron chi connectivity index (χ1n) is 5.70. The molecule has 0 spiro atoms. The maximum absolute atomic E-state index is 9.60. The van der Waals surface area contributed by atoms with Crippen LogP contribution in [0.5, 0.6) is 0 Å². The summed E-state index contributed by atoms with van der Waals surface area (Å²) in [6, 6.07) is 0. The summed E-state index contributed by atoms with van der Waals surface area (Å²) in [5, 5.41) is 12.9. The molecule has 0 aromatic carbocycles. The first-order chi connectivity index (χ1) is 6.97. The van der Waals surface area contributed by atoms with E-state index < -0.39 is 5.60 Å². The van der Waals surface area contributed by atoms with Crippen molar-refractivity contribution in [2.24, 2.45) is 0 Å². The Morgan fingerprint density at radius 2 is 2.27 bits per heavy atom. The van der Waals surface area contributed by atoms with Gasteiger partial charge in [0.1, 0.15) is 0 Å². The van der Waals surface area contributed by atoms with E-state index in [1.165, 1.54) is 0 Å². The van der Waals surface area contributed by atoms with E-state index in [1.54, 1.807) is 0 Å². The van der Waals surface area contributed by atoms with E-state index in [1.807, 2.05) is 13.8 Å². The predicted molar refractivity (Wildman–Crippen MR) is 61.0 cm³/mol. The number of morpholine rings is 1. The molecule has 0 bridgehead atoms. The van der Waals surface area contributed by atoms with Crippen molar-refractivity contribution in [1.82, 2.24) is 10.2 Å². The van der Waals surface area contributed by atoms with Crippen molar-refractivity contribution in [2.45, 2.75) is 32.0 Å². The van der Waals surface area contributed by atoms with Crippen LogP contribution in [0.2, 0.25) is 0 Å². The monoisotopic (exact) mass is 216 g/mol. The van der Waals surface area contributed by atoms with Crippen molar-refractivity contribution in [2.75, 3.05) is 39.8 Å². The smallest absolute Gasteiger partial charge is 0.0826 e. The van der Waals surface area contributed by atoms with Gasteiger partial charge in [-0.25, -0.2) is 0 Å². The highest BCUT2D eigenvalue weighted by atomic mass is 16.5. The van der Waals surface area contributed by atoms with Crippen LogP contribution in [0.15, 0.2) is 0 Å². The van der Waals surface area contributed by atoms with E-state index in [0.29, 0.717) is 6.10 Å². The molecule has 0 aliphatic carbocycles. The van der Waals surface area contributed by atoms with E-state index in [0.717, 1.165) is 39.2 Å². The Hall–Kier alpha value is -0.160. The molecule has 1 fully saturated rings. The van der Waals surface area contributed by atoms with Crippen LogP contribution in [0.3, 0.4) is 0 Å². The molecule has 1 aliphatic rings. The summed E-state index contributed by atoms with van der Waals surface area (Å²) in [6.45, 7) is 8.24. The molecule has 0 aromatic rings. The van der Waals surface area contributed by atoms with Gasteiger partial charge in [0.05, 0.1) is 18.3 Å². The van der Waals surface area contributed by atoms with Crippen molar-refractivity contribution >= 4 is 0 Å². The number of hydrogen-bond acceptors (Lipinski definition) is 4. The van der Waals surface area contributed by atoms with Gasteiger partial charge < -0.3 is 20.1 Å². The number of nitrogens with one attached hydrogen (secondary N) is 1. The highest BCUT2D eigenvalue weighted by molar-refractivity contribution is 4.72. The second kappa shape index (κ2) is 5.80. The van der Waals surface area contributed by atoms with Crippen LogP contribution in [0.4, 0.5) is 0 Å². The third-order valence-electron chi connectivity index (χ3n) is 2.63. The Morgan fingerprint density at radius 1 is 1.53 bits per heavy atom. The van der Waals surface area contributed by atoms with Crippen molar-refractivity contribution in [3.63, 3.8) is 0 Å². The lowest BCUT2D eigenvalue weighted by Crippen LogP contribution is -2.45. The molecular weight excluding hydrogens is 192 g/mol. The Kier molecular flexibility index (Phi) is 4.99. The van der Waals surface area contributed by atoms with Gasteiger partial charge in [0.15, 0.2) is 0 Å². The number of rotatable bonds is 5. The molecule has 4 nitrogen and oxygen atoms in total. The third-order valence-corrected chi connectivity index (χ3v) is 2.63. The average Bonchev–Trinajstić information content (AvgIpc) is 2.15. The number of hydrogen-bond donors (Lipinski definition) is 2. The van der Waals surface area contributed by atoms with E-state index in [9.17, 15) is 5.11 Å². The number of likely N-dealkylation sites (N-methyl/N-ethyl adjacent to an activating group) is 1. The minimum absolute atomic E-state index is 0.297. The van der Waals surface area contributed by atoms with Gasteiger partial charge in [-0.15, -0.1) is 0 Å². The fraction of sp³-hybridized carbons (Fsp3) is 1.00. The molecule has 4 heteroatoms. The molecule has 1 rings (SSSR count). The molecule has 1 aliphatic heterocycles. The maximum atomic E-state index is 9.60. The molecule has 1 heterocycles. The zero-order valence-electron chi connectivity index (χ0n) is 10.1. The summed E-state index contributed by atoms with van der Waals surface area (Å²) in [5.41, 5.74) is -0.570. The SMILES string of the molecule is CN(CCC(C)(C)O)CC1CNCCO1. The second-order valence-corrected chi connectivity index (χ2v) is 5.02. The third kappa shape index (κ3) is 6.10. The molecule has 1 unspecified atom stereocenters. The Morgan fingerprint density at radius 3 is 2.80 bits per heavy atom. The summed E-state index contributed by atoms with van der Waals surface area (Å²) < 4.78 is 5.61. The van der Waals surface area contributed by atoms with Crippen molar-refractivity contribution in [1.29, 1.82) is 0 Å². The standard InChI is InChI=1S/C11H24N2O2/c1-11(2,14)4-6-13(3)9-10-8-12-5-7-15-10/h10,12,14H,4-9H2,1-3H3. The van der Waals surface area contributed by atoms with Gasteiger partial charge in [-0.3, -0.25) is 0 Å². The maximum Gasteiger partial charge on any atom is 0.0826 e. The number of nitrogens with zero attached hydrogens (tertiary/aromatic N) is 1. The van der Waals surface area contributed by atoms with E-state index in [2.05, 4.69) is 17.3 Å². The number of ether oxygens (including phenoxy) is 1. The molecule has 0 amide bonds. The largest absolute Gasteiger partial charge is 0.390 e. The Balaban J connectivity index is 2.14. The summed E-state index contributed by atoms with van der Waals surface area (Å²) in [4.78, 5) is 2.22. The normalized spacial score (nSPS) is 23.4. The van der Waals surface area contributed by atoms with E-state index in [4.69, 9.17) is 4.74 Å². The van der Waals surface area contributed by atoms with Crippen LogP contribution in [-0.4, -0.2) is 61.5 Å². The second-order valence-electron chi connectivity index (χ2n) is 5.02. The highest BCUT2D eigenvalue weighted by Crippen LogP contribution is 2.08. The first-order valence-corrected chi connectivity index (χ1v) is 5.70. The quantitative estimate of drug-likeness (QED) is 0.682. The zero-order valence-corrected chi connectivity index (χ0v) is 10.1. The van der Waals surface area contributed by atoms with Gasteiger partial charge in [0.2, 0.25) is 0 Å². The topological polar surface area (TPSA) is 44.7 Å². The van der Waals surface area contributed by atoms with Gasteiger partial charge in [-0.1, -0.05) is 0 Å². The molecule has 0 aromatic heterocycles. The lowest BCUT2D eigenvalue weighted by molar-refractivity contribution is 0.00345. The van der Waals surface area contributed by atoms with Gasteiger partial charge in [0.25, 0.3) is 0 Å². The zero-order chi connectivity index (χ0) is 11.3. The summed E-state index contributed by atoms with van der Waals surface area (Å²) in [7, 11) is 2.07. The molecule has 1 atom stereocenters. The van der Waals surface area contributed by atoms with Gasteiger partial charge >= 0.3 is 0 Å². The molecule has 0 radical (unpaired) electrons. The highest BCUT2D eigenvalue weighted by Gasteiger charge is 2.17. The molecular formula is C11H24N2O2. The Bertz CT molecular complexity index is 174. The van der Waals surface area contributed by atoms with Crippen LogP contribution < -0.4 is 5.32 Å². The van der Waals surface area contributed by atoms with Gasteiger partial charge in [-0.05, 0) is 27.3 Å². The summed E-state index contributed by atoms with van der Waals surface area (Å²) in [5.74, 6) is 0. The Labute approximate surface area is 92.6 Å². The van der Waals surface area contributed by atoms with Gasteiger partial charge in [0, 0.05) is 26.2 Å². The first kappa shape index (κ1) is 12.9. The minimum Gasteiger partial charge on any atom is -0.390 e. The summed E-state index contributed by atoms with van der Waals surface area (Å²) >= 11 is 0. The van der Waals surface area contributed by atoms with Gasteiger partial charge in [-0.2, -0.15) is 0 Å². The minimum atomic E-state index is -0.570. The van der Waals surface area contributed by atoms with Crippen LogP contribution >= 0.6 is 0 Å². The van der Waals surface area contributed by atoms with Crippen LogP contribution in [0.25, 0.3) is 0 Å².